The van der Waals surface area contributed by atoms with Gasteiger partial charge in [-0.1, -0.05) is 12.1 Å². The highest BCUT2D eigenvalue weighted by molar-refractivity contribution is 6.07. The summed E-state index contributed by atoms with van der Waals surface area (Å²) in [5.41, 5.74) is 1.97. The minimum Gasteiger partial charge on any atom is -0.508 e. The molecule has 2 aromatic heterocycles. The third kappa shape index (κ3) is 3.80. The van der Waals surface area contributed by atoms with Gasteiger partial charge in [-0.15, -0.1) is 0 Å². The lowest BCUT2D eigenvalue weighted by Crippen LogP contribution is -2.12. The molecule has 0 saturated heterocycles. The second kappa shape index (κ2) is 8.23. The summed E-state index contributed by atoms with van der Waals surface area (Å²) < 4.78 is 16.2. The van der Waals surface area contributed by atoms with Crippen molar-refractivity contribution in [1.82, 2.24) is 15.0 Å². The number of nitrogens with zero attached hydrogens (tertiary/aromatic N) is 2. The molecule has 0 radical (unpaired) electrons. The fraction of sp³-hybridized carbons (Fsp3) is 0.136. The Hall–Kier alpha value is -4.27. The van der Waals surface area contributed by atoms with E-state index in [2.05, 4.69) is 20.3 Å². The van der Waals surface area contributed by atoms with Crippen LogP contribution in [0.3, 0.4) is 0 Å². The Morgan fingerprint density at radius 3 is 2.39 bits per heavy atom. The van der Waals surface area contributed by atoms with Crippen LogP contribution < -0.4 is 19.5 Å². The van der Waals surface area contributed by atoms with Crippen LogP contribution in [0.1, 0.15) is 10.5 Å². The molecule has 0 unspecified atom stereocenters. The Morgan fingerprint density at radius 1 is 1.00 bits per heavy atom. The number of anilines is 1. The standard InChI is InChI=1S/C22H20N4O5/c1-29-17-9-18(30-2)20(31-3)19-15(17)8-16(26-19)22(28)25-13-10-23-21(24-11-13)12-5-4-6-14(27)7-12/h4-11,26-27H,1-3H3,(H,25,28). The van der Waals surface area contributed by atoms with E-state index in [0.717, 1.165) is 0 Å². The van der Waals surface area contributed by atoms with Crippen molar-refractivity contribution in [2.45, 2.75) is 0 Å². The number of H-pyrrole nitrogens is 1. The summed E-state index contributed by atoms with van der Waals surface area (Å²) in [6.07, 6.45) is 2.99. The van der Waals surface area contributed by atoms with Gasteiger partial charge in [0.25, 0.3) is 5.91 Å². The molecule has 9 nitrogen and oxygen atoms in total. The van der Waals surface area contributed by atoms with E-state index < -0.39 is 0 Å². The maximum absolute atomic E-state index is 12.8. The van der Waals surface area contributed by atoms with E-state index in [-0.39, 0.29) is 11.7 Å². The van der Waals surface area contributed by atoms with Gasteiger partial charge in [-0.2, -0.15) is 0 Å². The fourth-order valence-corrected chi connectivity index (χ4v) is 3.24. The van der Waals surface area contributed by atoms with Crippen LogP contribution in [0.5, 0.6) is 23.0 Å². The van der Waals surface area contributed by atoms with Crippen LogP contribution in [0.2, 0.25) is 0 Å². The zero-order valence-corrected chi connectivity index (χ0v) is 17.1. The Kier molecular flexibility index (Phi) is 5.31. The topological polar surface area (TPSA) is 119 Å². The Bertz CT molecular complexity index is 1250. The summed E-state index contributed by atoms with van der Waals surface area (Å²) in [5, 5.41) is 13.0. The number of benzene rings is 2. The average molecular weight is 420 g/mol. The van der Waals surface area contributed by atoms with Crippen molar-refractivity contribution in [2.24, 2.45) is 0 Å². The van der Waals surface area contributed by atoms with Crippen molar-refractivity contribution in [2.75, 3.05) is 26.6 Å². The zero-order chi connectivity index (χ0) is 22.0. The van der Waals surface area contributed by atoms with Gasteiger partial charge >= 0.3 is 0 Å². The summed E-state index contributed by atoms with van der Waals surface area (Å²) in [6, 6.07) is 9.99. The van der Waals surface area contributed by atoms with Crippen LogP contribution in [0.15, 0.2) is 48.8 Å². The van der Waals surface area contributed by atoms with E-state index >= 15 is 0 Å². The van der Waals surface area contributed by atoms with Crippen LogP contribution in [-0.2, 0) is 0 Å². The quantitative estimate of drug-likeness (QED) is 0.436. The fourth-order valence-electron chi connectivity index (χ4n) is 3.24. The molecule has 0 atom stereocenters. The van der Waals surface area contributed by atoms with Crippen LogP contribution >= 0.6 is 0 Å². The van der Waals surface area contributed by atoms with E-state index in [1.807, 2.05) is 0 Å². The molecule has 2 heterocycles. The van der Waals surface area contributed by atoms with Gasteiger partial charge in [-0.3, -0.25) is 4.79 Å². The first-order valence-electron chi connectivity index (χ1n) is 9.28. The molecule has 0 saturated carbocycles. The minimum absolute atomic E-state index is 0.125. The molecule has 3 N–H and O–H groups in total. The van der Waals surface area contributed by atoms with E-state index in [4.69, 9.17) is 14.2 Å². The predicted octanol–water partition coefficient (Wildman–Crippen LogP) is 3.61. The molecule has 0 aliphatic carbocycles. The Morgan fingerprint density at radius 2 is 1.74 bits per heavy atom. The summed E-state index contributed by atoms with van der Waals surface area (Å²) in [6.45, 7) is 0. The number of phenols is 1. The van der Waals surface area contributed by atoms with E-state index in [0.29, 0.717) is 50.9 Å². The molecule has 31 heavy (non-hydrogen) atoms. The third-order valence-electron chi connectivity index (χ3n) is 4.70. The number of aromatic hydroxyl groups is 1. The normalized spacial score (nSPS) is 10.7. The number of amides is 1. The van der Waals surface area contributed by atoms with Crippen molar-refractivity contribution >= 4 is 22.5 Å². The summed E-state index contributed by atoms with van der Waals surface area (Å²) >= 11 is 0. The van der Waals surface area contributed by atoms with Crippen LogP contribution in [0, 0.1) is 0 Å². The van der Waals surface area contributed by atoms with Crippen LogP contribution in [0.4, 0.5) is 5.69 Å². The number of nitrogens with one attached hydrogen (secondary N) is 2. The Balaban J connectivity index is 1.61. The smallest absolute Gasteiger partial charge is 0.272 e. The van der Waals surface area contributed by atoms with Crippen molar-refractivity contribution < 1.29 is 24.1 Å². The SMILES string of the molecule is COc1cc(OC)c2cc(C(=O)Nc3cnc(-c4cccc(O)c4)nc3)[nH]c2c1OC. The molecule has 0 aliphatic rings. The molecular weight excluding hydrogens is 400 g/mol. The lowest BCUT2D eigenvalue weighted by Gasteiger charge is -2.11. The molecule has 158 valence electrons. The van der Waals surface area contributed by atoms with E-state index in [1.165, 1.54) is 26.6 Å². The number of phenolic OH excluding ortho intramolecular Hbond substituents is 1. The molecule has 0 bridgehead atoms. The molecule has 1 amide bonds. The largest absolute Gasteiger partial charge is 0.508 e. The minimum atomic E-state index is -0.382. The number of ether oxygens (including phenoxy) is 3. The molecule has 0 spiro atoms. The number of methoxy groups -OCH3 is 3. The maximum Gasteiger partial charge on any atom is 0.272 e. The molecule has 4 rings (SSSR count). The number of carbonyl (C=O) groups is 1. The van der Waals surface area contributed by atoms with Gasteiger partial charge in [0.2, 0.25) is 0 Å². The number of fused-ring (bicyclic) bond motifs is 1. The lowest BCUT2D eigenvalue weighted by molar-refractivity contribution is 0.102. The highest BCUT2D eigenvalue weighted by atomic mass is 16.5. The van der Waals surface area contributed by atoms with Crippen molar-refractivity contribution in [1.29, 1.82) is 0 Å². The second-order valence-corrected chi connectivity index (χ2v) is 6.59. The van der Waals surface area contributed by atoms with Crippen LogP contribution in [-0.4, -0.2) is 47.3 Å². The van der Waals surface area contributed by atoms with Gasteiger partial charge in [0.15, 0.2) is 17.3 Å². The summed E-state index contributed by atoms with van der Waals surface area (Å²) in [7, 11) is 4.59. The molecule has 9 heteroatoms. The zero-order valence-electron chi connectivity index (χ0n) is 17.1. The average Bonchev–Trinajstić information content (AvgIpc) is 3.24. The summed E-state index contributed by atoms with van der Waals surface area (Å²) in [5.74, 6) is 1.67. The Labute approximate surface area is 177 Å². The van der Waals surface area contributed by atoms with Crippen molar-refractivity contribution in [3.05, 3.63) is 54.5 Å². The molecule has 4 aromatic rings. The first kappa shape index (κ1) is 20.0. The molecular formula is C22H20N4O5. The van der Waals surface area contributed by atoms with Crippen molar-refractivity contribution in [3.8, 4) is 34.4 Å². The van der Waals surface area contributed by atoms with Gasteiger partial charge in [-0.05, 0) is 18.2 Å². The number of carbonyl (C=O) groups excluding carboxylic acids is 1. The van der Waals surface area contributed by atoms with E-state index in [9.17, 15) is 9.90 Å². The lowest BCUT2D eigenvalue weighted by atomic mass is 10.2. The summed E-state index contributed by atoms with van der Waals surface area (Å²) in [4.78, 5) is 24.4. The van der Waals surface area contributed by atoms with Crippen LogP contribution in [0.25, 0.3) is 22.3 Å². The van der Waals surface area contributed by atoms with Gasteiger partial charge < -0.3 is 29.6 Å². The molecule has 0 aliphatic heterocycles. The number of aromatic amines is 1. The predicted molar refractivity (Wildman–Crippen MR) is 115 cm³/mol. The van der Waals surface area contributed by atoms with Crippen molar-refractivity contribution in [3.63, 3.8) is 0 Å². The first-order valence-corrected chi connectivity index (χ1v) is 9.28. The maximum atomic E-state index is 12.8. The third-order valence-corrected chi connectivity index (χ3v) is 4.70. The monoisotopic (exact) mass is 420 g/mol. The number of hydrogen-bond acceptors (Lipinski definition) is 7. The molecule has 2 aromatic carbocycles. The van der Waals surface area contributed by atoms with Gasteiger partial charge in [-0.25, -0.2) is 9.97 Å². The number of hydrogen-bond donors (Lipinski definition) is 3. The van der Waals surface area contributed by atoms with E-state index in [1.54, 1.807) is 43.5 Å². The number of rotatable bonds is 6. The highest BCUT2D eigenvalue weighted by Gasteiger charge is 2.19. The second-order valence-electron chi connectivity index (χ2n) is 6.59. The first-order chi connectivity index (χ1) is 15.0. The van der Waals surface area contributed by atoms with Gasteiger partial charge in [0, 0.05) is 17.0 Å². The molecule has 0 fully saturated rings. The van der Waals surface area contributed by atoms with Gasteiger partial charge in [0.1, 0.15) is 17.2 Å². The number of aromatic nitrogens is 3. The highest BCUT2D eigenvalue weighted by Crippen LogP contribution is 2.41. The van der Waals surface area contributed by atoms with Gasteiger partial charge in [0.05, 0.1) is 44.9 Å².